The van der Waals surface area contributed by atoms with Gasteiger partial charge in [0.2, 0.25) is 12.6 Å². The molecule has 4 saturated heterocycles. The molecular weight excluding hydrogens is 436 g/mol. The number of methoxy groups -OCH3 is 2. The van der Waals surface area contributed by atoms with E-state index >= 15 is 0 Å². The summed E-state index contributed by atoms with van der Waals surface area (Å²) in [6.07, 6.45) is -3.43. The summed E-state index contributed by atoms with van der Waals surface area (Å²) in [5.41, 5.74) is 0.191. The summed E-state index contributed by atoms with van der Waals surface area (Å²) in [4.78, 5) is 22.9. The highest BCUT2D eigenvalue weighted by atomic mass is 17.3. The Labute approximate surface area is 191 Å². The van der Waals surface area contributed by atoms with E-state index in [0.717, 1.165) is 5.56 Å². The summed E-state index contributed by atoms with van der Waals surface area (Å²) in [7, 11) is 3.14. The quantitative estimate of drug-likeness (QED) is 0.365. The van der Waals surface area contributed by atoms with Crippen molar-refractivity contribution in [2.45, 2.75) is 57.0 Å². The Balaban J connectivity index is 1.41. The molecule has 5 aliphatic rings. The van der Waals surface area contributed by atoms with Crippen molar-refractivity contribution >= 4 is 5.97 Å². The number of fused-ring (bicyclic) bond motifs is 5. The van der Waals surface area contributed by atoms with Crippen LogP contribution in [-0.4, -0.2) is 64.2 Å². The molecule has 180 valence electrons. The minimum absolute atomic E-state index is 0.119. The van der Waals surface area contributed by atoms with Crippen molar-refractivity contribution < 1.29 is 47.7 Å². The van der Waals surface area contributed by atoms with Gasteiger partial charge in [-0.25, -0.2) is 9.78 Å². The molecule has 2 bridgehead atoms. The van der Waals surface area contributed by atoms with Crippen LogP contribution in [0.2, 0.25) is 0 Å². The highest BCUT2D eigenvalue weighted by Crippen LogP contribution is 2.69. The first-order valence-corrected chi connectivity index (χ1v) is 11.3. The fourth-order valence-electron chi connectivity index (χ4n) is 6.60. The van der Waals surface area contributed by atoms with Crippen molar-refractivity contribution in [3.63, 3.8) is 0 Å². The van der Waals surface area contributed by atoms with Crippen molar-refractivity contribution in [3.05, 3.63) is 35.9 Å². The molecule has 0 N–H and O–H groups in total. The Morgan fingerprint density at radius 1 is 1.12 bits per heavy atom. The van der Waals surface area contributed by atoms with Gasteiger partial charge >= 0.3 is 5.97 Å². The predicted molar refractivity (Wildman–Crippen MR) is 107 cm³/mol. The molecule has 11 unspecified atom stereocenters. The summed E-state index contributed by atoms with van der Waals surface area (Å²) in [5, 5.41) is 0. The van der Waals surface area contributed by atoms with E-state index in [-0.39, 0.29) is 23.9 Å². The smallest absolute Gasteiger partial charge is 0.304 e. The third-order valence-corrected chi connectivity index (χ3v) is 7.71. The number of hydrogen-bond acceptors (Lipinski definition) is 10. The van der Waals surface area contributed by atoms with Crippen LogP contribution >= 0.6 is 0 Å². The summed E-state index contributed by atoms with van der Waals surface area (Å²) >= 11 is 0. The molecule has 0 aromatic heterocycles. The molecule has 1 spiro atoms. The number of hydrogen-bond donors (Lipinski definition) is 0. The maximum Gasteiger partial charge on any atom is 0.304 e. The number of benzene rings is 1. The lowest BCUT2D eigenvalue weighted by Gasteiger charge is -2.55. The number of ether oxygens (including phenoxy) is 7. The molecule has 1 saturated carbocycles. The van der Waals surface area contributed by atoms with E-state index in [4.69, 9.17) is 42.9 Å². The van der Waals surface area contributed by atoms with Crippen LogP contribution in [-0.2, 0) is 47.7 Å². The van der Waals surface area contributed by atoms with Crippen LogP contribution in [0.25, 0.3) is 0 Å². The van der Waals surface area contributed by atoms with E-state index in [9.17, 15) is 4.79 Å². The van der Waals surface area contributed by atoms with Crippen LogP contribution in [0.5, 0.6) is 0 Å². The Bertz CT molecular complexity index is 881. The molecule has 10 nitrogen and oxygen atoms in total. The van der Waals surface area contributed by atoms with Crippen molar-refractivity contribution in [3.8, 4) is 0 Å². The topological polar surface area (TPSA) is 100 Å². The number of esters is 1. The summed E-state index contributed by atoms with van der Waals surface area (Å²) in [6, 6.07) is 9.76. The molecule has 11 atom stereocenters. The standard InChI is InChI=1S/C23H28O10/c1-11(24)28-19(25-2)13-9-14-20-31-22(33-32-20)23(14)16(13)17-15(29-21(23)26-3)10-27-18(30-17)12-7-5-4-6-8-12/h4-8,13-22H,9-10H2,1-3H3. The molecule has 1 aliphatic carbocycles. The van der Waals surface area contributed by atoms with Crippen LogP contribution in [0, 0.1) is 23.2 Å². The van der Waals surface area contributed by atoms with Gasteiger partial charge in [0.1, 0.15) is 6.10 Å². The van der Waals surface area contributed by atoms with Gasteiger partial charge in [-0.1, -0.05) is 30.3 Å². The second kappa shape index (κ2) is 8.24. The van der Waals surface area contributed by atoms with E-state index in [0.29, 0.717) is 13.0 Å². The van der Waals surface area contributed by atoms with Gasteiger partial charge in [-0.05, 0) is 6.42 Å². The zero-order valence-corrected chi connectivity index (χ0v) is 18.7. The summed E-state index contributed by atoms with van der Waals surface area (Å²) in [5.74, 6) is -0.982. The van der Waals surface area contributed by atoms with Crippen LogP contribution in [0.4, 0.5) is 0 Å². The van der Waals surface area contributed by atoms with Crippen LogP contribution in [0.15, 0.2) is 30.3 Å². The molecule has 4 aliphatic heterocycles. The number of carbonyl (C=O) groups excluding carboxylic acids is 1. The number of carbonyl (C=O) groups is 1. The summed E-state index contributed by atoms with van der Waals surface area (Å²) in [6.45, 7) is 1.70. The third kappa shape index (κ3) is 3.13. The fourth-order valence-corrected chi connectivity index (χ4v) is 6.60. The largest absolute Gasteiger partial charge is 0.436 e. The molecule has 6 rings (SSSR count). The fraction of sp³-hybridized carbons (Fsp3) is 0.696. The Morgan fingerprint density at radius 3 is 2.67 bits per heavy atom. The van der Waals surface area contributed by atoms with Crippen LogP contribution < -0.4 is 0 Å². The van der Waals surface area contributed by atoms with Crippen molar-refractivity contribution in [2.75, 3.05) is 20.8 Å². The highest BCUT2D eigenvalue weighted by molar-refractivity contribution is 5.66. The zero-order valence-electron chi connectivity index (χ0n) is 18.7. The van der Waals surface area contributed by atoms with Gasteiger partial charge in [-0.3, -0.25) is 4.79 Å². The van der Waals surface area contributed by atoms with Crippen LogP contribution in [0.3, 0.4) is 0 Å². The van der Waals surface area contributed by atoms with Gasteiger partial charge in [0.15, 0.2) is 18.9 Å². The molecule has 0 radical (unpaired) electrons. The minimum Gasteiger partial charge on any atom is -0.436 e. The normalized spacial score (nSPS) is 46.3. The molecule has 1 aromatic rings. The van der Waals surface area contributed by atoms with Gasteiger partial charge in [0.25, 0.3) is 0 Å². The van der Waals surface area contributed by atoms with Gasteiger partial charge < -0.3 is 33.2 Å². The van der Waals surface area contributed by atoms with E-state index in [2.05, 4.69) is 0 Å². The van der Waals surface area contributed by atoms with E-state index in [1.165, 1.54) is 14.0 Å². The Hall–Kier alpha value is -1.63. The Kier molecular flexibility index (Phi) is 5.46. The maximum absolute atomic E-state index is 11.9. The van der Waals surface area contributed by atoms with E-state index in [1.807, 2.05) is 30.3 Å². The van der Waals surface area contributed by atoms with Crippen molar-refractivity contribution in [2.24, 2.45) is 23.2 Å². The molecule has 33 heavy (non-hydrogen) atoms. The molecule has 0 amide bonds. The van der Waals surface area contributed by atoms with Gasteiger partial charge in [-0.15, -0.1) is 0 Å². The van der Waals surface area contributed by atoms with Gasteiger partial charge in [0.05, 0.1) is 18.1 Å². The third-order valence-electron chi connectivity index (χ3n) is 7.71. The first-order chi connectivity index (χ1) is 16.1. The lowest BCUT2D eigenvalue weighted by atomic mass is 9.65. The lowest BCUT2D eigenvalue weighted by Crippen LogP contribution is -2.66. The lowest BCUT2D eigenvalue weighted by molar-refractivity contribution is -0.428. The van der Waals surface area contributed by atoms with Crippen molar-refractivity contribution in [1.82, 2.24) is 0 Å². The van der Waals surface area contributed by atoms with Gasteiger partial charge in [0, 0.05) is 44.5 Å². The van der Waals surface area contributed by atoms with Crippen molar-refractivity contribution in [1.29, 1.82) is 0 Å². The average molecular weight is 464 g/mol. The maximum atomic E-state index is 11.9. The molecule has 4 heterocycles. The Morgan fingerprint density at radius 2 is 1.94 bits per heavy atom. The number of rotatable bonds is 5. The molecular formula is C23H28O10. The first-order valence-electron chi connectivity index (χ1n) is 11.3. The van der Waals surface area contributed by atoms with Crippen LogP contribution in [0.1, 0.15) is 25.2 Å². The monoisotopic (exact) mass is 464 g/mol. The molecule has 5 fully saturated rings. The average Bonchev–Trinajstić information content (AvgIpc) is 3.53. The van der Waals surface area contributed by atoms with Gasteiger partial charge in [-0.2, -0.15) is 0 Å². The second-order valence-corrected chi connectivity index (χ2v) is 9.19. The van der Waals surface area contributed by atoms with E-state index in [1.54, 1.807) is 7.11 Å². The highest BCUT2D eigenvalue weighted by Gasteiger charge is 2.79. The molecule has 1 aromatic carbocycles. The summed E-state index contributed by atoms with van der Waals surface area (Å²) < 4.78 is 42.2. The first kappa shape index (κ1) is 21.9. The predicted octanol–water partition coefficient (Wildman–Crippen LogP) is 1.89. The SMILES string of the molecule is COC(OC(C)=O)C1CC2C3OOC(O3)C23C(OC)OC2COC(c4ccccc4)OC2C13. The van der Waals surface area contributed by atoms with E-state index < -0.39 is 48.9 Å². The minimum atomic E-state index is -0.771. The zero-order chi connectivity index (χ0) is 22.7. The molecule has 10 heteroatoms. The second-order valence-electron chi connectivity index (χ2n) is 9.19.